The summed E-state index contributed by atoms with van der Waals surface area (Å²) in [5, 5.41) is 3.22. The molecule has 0 saturated heterocycles. The van der Waals surface area contributed by atoms with E-state index in [4.69, 9.17) is 9.47 Å². The van der Waals surface area contributed by atoms with Crippen molar-refractivity contribution >= 4 is 15.9 Å². The van der Waals surface area contributed by atoms with Gasteiger partial charge < -0.3 is 14.8 Å². The number of hydrogen-bond acceptors (Lipinski definition) is 3. The van der Waals surface area contributed by atoms with E-state index < -0.39 is 0 Å². The maximum Gasteiger partial charge on any atom is 0.118 e. The molecule has 1 atom stereocenters. The van der Waals surface area contributed by atoms with Gasteiger partial charge in [-0.15, -0.1) is 0 Å². The van der Waals surface area contributed by atoms with Gasteiger partial charge in [-0.3, -0.25) is 0 Å². The Morgan fingerprint density at radius 2 is 1.86 bits per heavy atom. The van der Waals surface area contributed by atoms with Gasteiger partial charge in [0, 0.05) is 17.6 Å². The third-order valence-corrected chi connectivity index (χ3v) is 4.00. The molecule has 1 N–H and O–H groups in total. The quantitative estimate of drug-likeness (QED) is 0.795. The summed E-state index contributed by atoms with van der Waals surface area (Å²) in [4.78, 5) is 0. The Hall–Kier alpha value is -1.36. The highest BCUT2D eigenvalue weighted by molar-refractivity contribution is 9.10. The molecule has 0 heterocycles. The van der Waals surface area contributed by atoms with Crippen LogP contribution in [0.15, 0.2) is 46.9 Å². The summed E-state index contributed by atoms with van der Waals surface area (Å²) in [7, 11) is 3.63. The summed E-state index contributed by atoms with van der Waals surface area (Å²) in [6, 6.07) is 14.4. The Balaban J connectivity index is 2.42. The van der Waals surface area contributed by atoms with Crippen LogP contribution < -0.4 is 10.1 Å². The first-order valence-electron chi connectivity index (χ1n) is 7.38. The van der Waals surface area contributed by atoms with E-state index in [1.165, 1.54) is 11.1 Å². The van der Waals surface area contributed by atoms with Crippen LogP contribution in [0.4, 0.5) is 0 Å². The van der Waals surface area contributed by atoms with Crippen LogP contribution in [0.1, 0.15) is 29.7 Å². The molecule has 4 heteroatoms. The summed E-state index contributed by atoms with van der Waals surface area (Å²) in [5.74, 6) is 0.852. The molecular weight excluding hydrogens is 342 g/mol. The van der Waals surface area contributed by atoms with E-state index in [9.17, 15) is 0 Å². The van der Waals surface area contributed by atoms with Crippen molar-refractivity contribution in [3.8, 4) is 5.75 Å². The van der Waals surface area contributed by atoms with Crippen LogP contribution in [-0.4, -0.2) is 20.8 Å². The zero-order chi connectivity index (χ0) is 15.9. The van der Waals surface area contributed by atoms with Crippen molar-refractivity contribution in [2.75, 3.05) is 20.8 Å². The molecule has 0 bridgehead atoms. The predicted molar refractivity (Wildman–Crippen MR) is 93.4 cm³/mol. The molecule has 1 unspecified atom stereocenters. The van der Waals surface area contributed by atoms with Gasteiger partial charge in [0.05, 0.1) is 7.11 Å². The van der Waals surface area contributed by atoms with E-state index in [0.29, 0.717) is 6.61 Å². The van der Waals surface area contributed by atoms with Gasteiger partial charge in [0.2, 0.25) is 0 Å². The summed E-state index contributed by atoms with van der Waals surface area (Å²) in [5.41, 5.74) is 3.54. The van der Waals surface area contributed by atoms with Gasteiger partial charge in [-0.05, 0) is 54.9 Å². The Morgan fingerprint density at radius 1 is 1.14 bits per heavy atom. The highest BCUT2D eigenvalue weighted by Gasteiger charge is 2.18. The lowest BCUT2D eigenvalue weighted by molar-refractivity contribution is 0.0906. The molecule has 0 saturated carbocycles. The Morgan fingerprint density at radius 3 is 2.45 bits per heavy atom. The van der Waals surface area contributed by atoms with Crippen molar-refractivity contribution in [2.45, 2.75) is 19.6 Å². The minimum Gasteiger partial charge on any atom is -0.497 e. The van der Waals surface area contributed by atoms with Crippen molar-refractivity contribution in [1.82, 2.24) is 5.32 Å². The molecule has 0 spiro atoms. The van der Waals surface area contributed by atoms with Gasteiger partial charge in [0.25, 0.3) is 0 Å². The number of ether oxygens (including phenoxy) is 2. The normalized spacial score (nSPS) is 12.2. The molecule has 0 aliphatic rings. The SMILES string of the molecule is CCOC(c1ccc(OC)cc1)c1ccc(Br)cc1CNC. The fourth-order valence-corrected chi connectivity index (χ4v) is 2.89. The smallest absolute Gasteiger partial charge is 0.118 e. The summed E-state index contributed by atoms with van der Waals surface area (Å²) in [6.07, 6.45) is -0.0765. The Labute approximate surface area is 140 Å². The third kappa shape index (κ3) is 4.09. The van der Waals surface area contributed by atoms with Crippen LogP contribution in [-0.2, 0) is 11.3 Å². The second-order valence-electron chi connectivity index (χ2n) is 4.98. The molecule has 0 aromatic heterocycles. The molecule has 0 amide bonds. The summed E-state index contributed by atoms with van der Waals surface area (Å²) >= 11 is 3.54. The molecule has 22 heavy (non-hydrogen) atoms. The molecule has 0 fully saturated rings. The van der Waals surface area contributed by atoms with Crippen LogP contribution in [0.5, 0.6) is 5.75 Å². The van der Waals surface area contributed by atoms with Crippen molar-refractivity contribution in [3.05, 3.63) is 63.6 Å². The predicted octanol–water partition coefficient (Wildman–Crippen LogP) is 4.30. The second kappa shape index (κ2) is 8.32. The van der Waals surface area contributed by atoms with E-state index in [1.807, 2.05) is 26.1 Å². The monoisotopic (exact) mass is 363 g/mol. The first kappa shape index (κ1) is 17.0. The van der Waals surface area contributed by atoms with Gasteiger partial charge in [-0.2, -0.15) is 0 Å². The first-order chi connectivity index (χ1) is 10.7. The van der Waals surface area contributed by atoms with E-state index in [-0.39, 0.29) is 6.10 Å². The number of methoxy groups -OCH3 is 1. The maximum atomic E-state index is 6.03. The average Bonchev–Trinajstić information content (AvgIpc) is 2.54. The summed E-state index contributed by atoms with van der Waals surface area (Å²) < 4.78 is 12.3. The van der Waals surface area contributed by atoms with Crippen molar-refractivity contribution < 1.29 is 9.47 Å². The molecule has 0 aliphatic heterocycles. The molecular formula is C18H22BrNO2. The van der Waals surface area contributed by atoms with Crippen molar-refractivity contribution in [2.24, 2.45) is 0 Å². The van der Waals surface area contributed by atoms with Crippen molar-refractivity contribution in [3.63, 3.8) is 0 Å². The lowest BCUT2D eigenvalue weighted by Crippen LogP contribution is -2.13. The number of rotatable bonds is 7. The molecule has 2 aromatic carbocycles. The number of nitrogens with one attached hydrogen (secondary N) is 1. The van der Waals surface area contributed by atoms with Gasteiger partial charge in [0.1, 0.15) is 11.9 Å². The van der Waals surface area contributed by atoms with Gasteiger partial charge in [-0.25, -0.2) is 0 Å². The highest BCUT2D eigenvalue weighted by Crippen LogP contribution is 2.31. The fraction of sp³-hybridized carbons (Fsp3) is 0.333. The maximum absolute atomic E-state index is 6.03. The third-order valence-electron chi connectivity index (χ3n) is 3.51. The van der Waals surface area contributed by atoms with E-state index in [2.05, 4.69) is 51.6 Å². The summed E-state index contributed by atoms with van der Waals surface area (Å²) in [6.45, 7) is 3.48. The zero-order valence-corrected chi connectivity index (χ0v) is 14.8. The molecule has 0 aliphatic carbocycles. The molecule has 0 radical (unpaired) electrons. The topological polar surface area (TPSA) is 30.5 Å². The number of benzene rings is 2. The lowest BCUT2D eigenvalue weighted by atomic mass is 9.96. The molecule has 3 nitrogen and oxygen atoms in total. The molecule has 2 aromatic rings. The Kier molecular flexibility index (Phi) is 6.43. The van der Waals surface area contributed by atoms with Gasteiger partial charge >= 0.3 is 0 Å². The largest absolute Gasteiger partial charge is 0.497 e. The van der Waals surface area contributed by atoms with Crippen molar-refractivity contribution in [1.29, 1.82) is 0 Å². The molecule has 118 valence electrons. The van der Waals surface area contributed by atoms with E-state index in [0.717, 1.165) is 22.3 Å². The number of halogens is 1. The standard InChI is InChI=1S/C18H22BrNO2/c1-4-22-18(13-5-8-16(21-3)9-6-13)17-10-7-15(19)11-14(17)12-20-2/h5-11,18,20H,4,12H2,1-3H3. The first-order valence-corrected chi connectivity index (χ1v) is 8.17. The van der Waals surface area contributed by atoms with Crippen LogP contribution >= 0.6 is 15.9 Å². The van der Waals surface area contributed by atoms with E-state index in [1.54, 1.807) is 7.11 Å². The second-order valence-corrected chi connectivity index (χ2v) is 5.90. The van der Waals surface area contributed by atoms with E-state index >= 15 is 0 Å². The van der Waals surface area contributed by atoms with Crippen LogP contribution in [0.3, 0.4) is 0 Å². The van der Waals surface area contributed by atoms with Gasteiger partial charge in [-0.1, -0.05) is 34.1 Å². The minimum atomic E-state index is -0.0765. The van der Waals surface area contributed by atoms with Crippen LogP contribution in [0.25, 0.3) is 0 Å². The average molecular weight is 364 g/mol. The number of hydrogen-bond donors (Lipinski definition) is 1. The zero-order valence-electron chi connectivity index (χ0n) is 13.2. The van der Waals surface area contributed by atoms with Crippen LogP contribution in [0.2, 0.25) is 0 Å². The fourth-order valence-electron chi connectivity index (χ4n) is 2.48. The van der Waals surface area contributed by atoms with Crippen LogP contribution in [0, 0.1) is 0 Å². The molecule has 2 rings (SSSR count). The van der Waals surface area contributed by atoms with Gasteiger partial charge in [0.15, 0.2) is 0 Å². The lowest BCUT2D eigenvalue weighted by Gasteiger charge is -2.21. The Bertz CT molecular complexity index is 599. The minimum absolute atomic E-state index is 0.0765. The highest BCUT2D eigenvalue weighted by atomic mass is 79.9.